The van der Waals surface area contributed by atoms with Crippen molar-refractivity contribution in [2.24, 2.45) is 5.73 Å². The number of piperidine rings is 1. The fourth-order valence-corrected chi connectivity index (χ4v) is 2.80. The SMILES string of the molecule is CC1(O)CCCN(c2c(Cl)cccc2CN)C1. The third-order valence-corrected chi connectivity index (χ3v) is 3.59. The minimum Gasteiger partial charge on any atom is -0.388 e. The molecule has 1 atom stereocenters. The summed E-state index contributed by atoms with van der Waals surface area (Å²) in [6.07, 6.45) is 1.81. The van der Waals surface area contributed by atoms with E-state index < -0.39 is 5.60 Å². The van der Waals surface area contributed by atoms with Crippen LogP contribution in [0.25, 0.3) is 0 Å². The highest BCUT2D eigenvalue weighted by Gasteiger charge is 2.30. The molecule has 0 radical (unpaired) electrons. The van der Waals surface area contributed by atoms with Gasteiger partial charge in [-0.3, -0.25) is 0 Å². The monoisotopic (exact) mass is 254 g/mol. The summed E-state index contributed by atoms with van der Waals surface area (Å²) >= 11 is 6.26. The Morgan fingerprint density at radius 2 is 2.29 bits per heavy atom. The molecule has 0 saturated carbocycles. The molecule has 1 aliphatic heterocycles. The summed E-state index contributed by atoms with van der Waals surface area (Å²) in [7, 11) is 0. The van der Waals surface area contributed by atoms with E-state index in [4.69, 9.17) is 17.3 Å². The first kappa shape index (κ1) is 12.7. The van der Waals surface area contributed by atoms with Crippen LogP contribution in [0.2, 0.25) is 5.02 Å². The molecule has 0 bridgehead atoms. The summed E-state index contributed by atoms with van der Waals surface area (Å²) in [5.74, 6) is 0. The van der Waals surface area contributed by atoms with Gasteiger partial charge in [0.05, 0.1) is 16.3 Å². The number of anilines is 1. The second-order valence-electron chi connectivity index (χ2n) is 4.97. The molecule has 0 aliphatic carbocycles. The number of β-amino-alcohol motifs (C(OH)–C–C–N with tert-alkyl or cyclic N) is 1. The fourth-order valence-electron chi connectivity index (χ4n) is 2.49. The molecule has 17 heavy (non-hydrogen) atoms. The normalized spacial score (nSPS) is 25.1. The van der Waals surface area contributed by atoms with Crippen molar-refractivity contribution in [1.29, 1.82) is 0 Å². The maximum atomic E-state index is 10.1. The lowest BCUT2D eigenvalue weighted by atomic mass is 9.94. The standard InChI is InChI=1S/C13H19ClN2O/c1-13(17)6-3-7-16(9-13)12-10(8-15)4-2-5-11(12)14/h2,4-5,17H,3,6-9,15H2,1H3. The first-order valence-corrected chi connectivity index (χ1v) is 6.36. The Morgan fingerprint density at radius 3 is 2.94 bits per heavy atom. The van der Waals surface area contributed by atoms with Crippen LogP contribution < -0.4 is 10.6 Å². The van der Waals surface area contributed by atoms with E-state index in [0.717, 1.165) is 30.6 Å². The molecule has 94 valence electrons. The third kappa shape index (κ3) is 2.73. The lowest BCUT2D eigenvalue weighted by Crippen LogP contribution is -2.46. The maximum absolute atomic E-state index is 10.1. The van der Waals surface area contributed by atoms with E-state index in [1.807, 2.05) is 25.1 Å². The van der Waals surface area contributed by atoms with Crippen LogP contribution in [0.15, 0.2) is 18.2 Å². The van der Waals surface area contributed by atoms with Crippen LogP contribution in [0.5, 0.6) is 0 Å². The molecule has 1 unspecified atom stereocenters. The summed E-state index contributed by atoms with van der Waals surface area (Å²) < 4.78 is 0. The molecule has 4 heteroatoms. The number of nitrogens with two attached hydrogens (primary N) is 1. The molecule has 1 fully saturated rings. The molecule has 0 amide bonds. The number of nitrogens with zero attached hydrogens (tertiary/aromatic N) is 1. The van der Waals surface area contributed by atoms with E-state index in [1.165, 1.54) is 0 Å². The lowest BCUT2D eigenvalue weighted by molar-refractivity contribution is 0.0449. The molecule has 3 nitrogen and oxygen atoms in total. The van der Waals surface area contributed by atoms with Gasteiger partial charge in [-0.15, -0.1) is 0 Å². The van der Waals surface area contributed by atoms with Gasteiger partial charge in [-0.2, -0.15) is 0 Å². The summed E-state index contributed by atoms with van der Waals surface area (Å²) in [5, 5.41) is 10.9. The zero-order valence-electron chi connectivity index (χ0n) is 10.1. The summed E-state index contributed by atoms with van der Waals surface area (Å²) in [6, 6.07) is 5.78. The topological polar surface area (TPSA) is 49.5 Å². The molecule has 0 aromatic heterocycles. The van der Waals surface area contributed by atoms with Crippen molar-refractivity contribution in [2.75, 3.05) is 18.0 Å². The molecule has 1 aromatic rings. The molecule has 1 aliphatic rings. The number of halogens is 1. The van der Waals surface area contributed by atoms with Crippen molar-refractivity contribution in [1.82, 2.24) is 0 Å². The Labute approximate surface area is 107 Å². The van der Waals surface area contributed by atoms with Crippen molar-refractivity contribution >= 4 is 17.3 Å². The number of benzene rings is 1. The van der Waals surface area contributed by atoms with Crippen molar-refractivity contribution in [3.05, 3.63) is 28.8 Å². The maximum Gasteiger partial charge on any atom is 0.0794 e. The van der Waals surface area contributed by atoms with Crippen LogP contribution in [0.3, 0.4) is 0 Å². The molecule has 1 heterocycles. The molecular weight excluding hydrogens is 236 g/mol. The highest BCUT2D eigenvalue weighted by molar-refractivity contribution is 6.33. The molecule has 3 N–H and O–H groups in total. The van der Waals surface area contributed by atoms with Crippen molar-refractivity contribution in [3.63, 3.8) is 0 Å². The van der Waals surface area contributed by atoms with Crippen LogP contribution in [-0.2, 0) is 6.54 Å². The van der Waals surface area contributed by atoms with Crippen LogP contribution >= 0.6 is 11.6 Å². The van der Waals surface area contributed by atoms with Crippen LogP contribution in [-0.4, -0.2) is 23.8 Å². The van der Waals surface area contributed by atoms with Crippen LogP contribution in [0.4, 0.5) is 5.69 Å². The van der Waals surface area contributed by atoms with Gasteiger partial charge in [-0.1, -0.05) is 23.7 Å². The number of hydrogen-bond donors (Lipinski definition) is 2. The summed E-state index contributed by atoms with van der Waals surface area (Å²) in [4.78, 5) is 2.15. The Bertz CT molecular complexity index is 406. The summed E-state index contributed by atoms with van der Waals surface area (Å²) in [5.41, 5.74) is 7.13. The first-order valence-electron chi connectivity index (χ1n) is 5.98. The largest absolute Gasteiger partial charge is 0.388 e. The van der Waals surface area contributed by atoms with Gasteiger partial charge in [0, 0.05) is 19.6 Å². The number of rotatable bonds is 2. The second kappa shape index (κ2) is 4.84. The van der Waals surface area contributed by atoms with E-state index in [9.17, 15) is 5.11 Å². The average Bonchev–Trinajstić information content (AvgIpc) is 2.27. The zero-order valence-corrected chi connectivity index (χ0v) is 10.9. The van der Waals surface area contributed by atoms with Gasteiger partial charge < -0.3 is 15.7 Å². The minimum absolute atomic E-state index is 0.467. The molecule has 2 rings (SSSR count). The minimum atomic E-state index is -0.636. The molecule has 1 saturated heterocycles. The van der Waals surface area contributed by atoms with Crippen molar-refractivity contribution in [3.8, 4) is 0 Å². The van der Waals surface area contributed by atoms with Gasteiger partial charge in [0.2, 0.25) is 0 Å². The lowest BCUT2D eigenvalue weighted by Gasteiger charge is -2.39. The van der Waals surface area contributed by atoms with Crippen molar-refractivity contribution in [2.45, 2.75) is 31.9 Å². The van der Waals surface area contributed by atoms with Gasteiger partial charge in [0.1, 0.15) is 0 Å². The van der Waals surface area contributed by atoms with Crippen LogP contribution in [0.1, 0.15) is 25.3 Å². The van der Waals surface area contributed by atoms with E-state index in [2.05, 4.69) is 4.90 Å². The Kier molecular flexibility index (Phi) is 3.61. The van der Waals surface area contributed by atoms with E-state index in [-0.39, 0.29) is 0 Å². The third-order valence-electron chi connectivity index (χ3n) is 3.28. The number of para-hydroxylation sites is 1. The highest BCUT2D eigenvalue weighted by Crippen LogP contribution is 2.33. The van der Waals surface area contributed by atoms with Gasteiger partial charge in [0.25, 0.3) is 0 Å². The van der Waals surface area contributed by atoms with Gasteiger partial charge in [0.15, 0.2) is 0 Å². The molecule has 1 aromatic carbocycles. The van der Waals surface area contributed by atoms with E-state index >= 15 is 0 Å². The predicted octanol–water partition coefficient (Wildman–Crippen LogP) is 2.15. The van der Waals surface area contributed by atoms with Gasteiger partial charge >= 0.3 is 0 Å². The zero-order chi connectivity index (χ0) is 12.5. The Hall–Kier alpha value is -0.770. The summed E-state index contributed by atoms with van der Waals surface area (Å²) in [6.45, 7) is 3.88. The predicted molar refractivity (Wildman–Crippen MR) is 71.4 cm³/mol. The average molecular weight is 255 g/mol. The fraction of sp³-hybridized carbons (Fsp3) is 0.538. The highest BCUT2D eigenvalue weighted by atomic mass is 35.5. The first-order chi connectivity index (χ1) is 8.03. The second-order valence-corrected chi connectivity index (χ2v) is 5.38. The van der Waals surface area contributed by atoms with Crippen LogP contribution in [0, 0.1) is 0 Å². The van der Waals surface area contributed by atoms with E-state index in [1.54, 1.807) is 0 Å². The number of aliphatic hydroxyl groups is 1. The quantitative estimate of drug-likeness (QED) is 0.850. The smallest absolute Gasteiger partial charge is 0.0794 e. The van der Waals surface area contributed by atoms with Gasteiger partial charge in [-0.25, -0.2) is 0 Å². The molecular formula is C13H19ClN2O. The number of hydrogen-bond acceptors (Lipinski definition) is 3. The Morgan fingerprint density at radius 1 is 1.53 bits per heavy atom. The molecule has 0 spiro atoms. The van der Waals surface area contributed by atoms with Crippen molar-refractivity contribution < 1.29 is 5.11 Å². The Balaban J connectivity index is 2.33. The van der Waals surface area contributed by atoms with Gasteiger partial charge in [-0.05, 0) is 31.4 Å². The van der Waals surface area contributed by atoms with E-state index in [0.29, 0.717) is 18.1 Å².